The fourth-order valence-corrected chi connectivity index (χ4v) is 4.34. The molecule has 13 heteroatoms. The van der Waals surface area contributed by atoms with Gasteiger partial charge in [-0.2, -0.15) is 0 Å². The number of nitro groups is 3. The maximum Gasteiger partial charge on any atom is 0.325 e. The summed E-state index contributed by atoms with van der Waals surface area (Å²) in [5.74, 6) is -1.48. The molecule has 1 aliphatic rings. The lowest BCUT2D eigenvalue weighted by Gasteiger charge is -2.30. The number of hydrogen-bond donors (Lipinski definition) is 0. The van der Waals surface area contributed by atoms with Crippen LogP contribution in [0.2, 0.25) is 0 Å². The third-order valence-electron chi connectivity index (χ3n) is 4.66. The van der Waals surface area contributed by atoms with Crippen LogP contribution in [-0.2, 0) is 4.79 Å². The summed E-state index contributed by atoms with van der Waals surface area (Å²) in [7, 11) is 0. The number of carbonyl (C=O) groups is 1. The van der Waals surface area contributed by atoms with Crippen molar-refractivity contribution >= 4 is 46.1 Å². The summed E-state index contributed by atoms with van der Waals surface area (Å²) in [4.78, 5) is 46.9. The third-order valence-corrected chi connectivity index (χ3v) is 5.79. The Hall–Kier alpha value is -4.52. The van der Waals surface area contributed by atoms with Crippen molar-refractivity contribution in [2.24, 2.45) is 0 Å². The van der Waals surface area contributed by atoms with Crippen molar-refractivity contribution in [3.63, 3.8) is 0 Å². The highest BCUT2D eigenvalue weighted by molar-refractivity contribution is 7.99. The van der Waals surface area contributed by atoms with Gasteiger partial charge in [-0.25, -0.2) is 0 Å². The average molecular weight is 468 g/mol. The molecule has 0 saturated heterocycles. The molecule has 0 aliphatic carbocycles. The summed E-state index contributed by atoms with van der Waals surface area (Å²) in [5.41, 5.74) is -1.70. The van der Waals surface area contributed by atoms with Crippen molar-refractivity contribution < 1.29 is 24.3 Å². The van der Waals surface area contributed by atoms with Crippen LogP contribution in [0.15, 0.2) is 70.5 Å². The number of anilines is 2. The third kappa shape index (κ3) is 4.04. The number of fused-ring (bicyclic) bond motifs is 2. The molecule has 3 aromatic rings. The predicted molar refractivity (Wildman–Crippen MR) is 116 cm³/mol. The van der Waals surface area contributed by atoms with E-state index in [1.54, 1.807) is 24.3 Å². The summed E-state index contributed by atoms with van der Waals surface area (Å²) < 4.78 is 5.27. The molecule has 0 unspecified atom stereocenters. The highest BCUT2D eigenvalue weighted by atomic mass is 32.2. The molecule has 0 fully saturated rings. The second kappa shape index (κ2) is 8.55. The van der Waals surface area contributed by atoms with E-state index in [4.69, 9.17) is 4.74 Å². The van der Waals surface area contributed by atoms with Gasteiger partial charge >= 0.3 is 11.4 Å². The van der Waals surface area contributed by atoms with Crippen molar-refractivity contribution in [2.45, 2.75) is 9.79 Å². The maximum atomic E-state index is 13.2. The van der Waals surface area contributed by atoms with E-state index in [1.165, 1.54) is 16.7 Å². The highest BCUT2D eigenvalue weighted by Crippen LogP contribution is 2.48. The second-order valence-corrected chi connectivity index (χ2v) is 7.72. The molecule has 0 atom stereocenters. The molecular weight excluding hydrogens is 456 g/mol. The summed E-state index contributed by atoms with van der Waals surface area (Å²) >= 11 is 1.46. The molecule has 1 aliphatic heterocycles. The number of amides is 1. The van der Waals surface area contributed by atoms with E-state index in [1.807, 2.05) is 24.3 Å². The van der Waals surface area contributed by atoms with Crippen molar-refractivity contribution in [3.05, 3.63) is 91.0 Å². The summed E-state index contributed by atoms with van der Waals surface area (Å²) in [6, 6.07) is 15.3. The van der Waals surface area contributed by atoms with E-state index in [2.05, 4.69) is 0 Å². The van der Waals surface area contributed by atoms with E-state index < -0.39 is 50.1 Å². The SMILES string of the molecule is O=C(COc1c([N+](=O)[O-])cc([N+](=O)[O-])cc1[N+](=O)[O-])N1c2ccccc2Sc2ccccc21. The van der Waals surface area contributed by atoms with Gasteiger partial charge in [0.25, 0.3) is 17.3 Å². The minimum Gasteiger partial charge on any atom is -0.472 e. The standard InChI is InChI=1S/C20H12N4O8S/c25-19(21-13-5-1-3-7-17(13)33-18-8-4-2-6-14(18)21)11-32-20-15(23(28)29)9-12(22(26)27)10-16(20)24(30)31/h1-10H,11H2. The zero-order chi connectivity index (χ0) is 23.7. The van der Waals surface area contributed by atoms with Gasteiger partial charge in [0.1, 0.15) is 0 Å². The van der Waals surface area contributed by atoms with Crippen molar-refractivity contribution in [2.75, 3.05) is 11.5 Å². The molecule has 0 spiro atoms. The first-order valence-corrected chi connectivity index (χ1v) is 10.0. The number of nitrogens with zero attached hydrogens (tertiary/aromatic N) is 4. The zero-order valence-corrected chi connectivity index (χ0v) is 17.3. The number of ether oxygens (including phenoxy) is 1. The van der Waals surface area contributed by atoms with Gasteiger partial charge in [-0.15, -0.1) is 0 Å². The quantitative estimate of drug-likeness (QED) is 0.371. The Morgan fingerprint density at radius 3 is 1.76 bits per heavy atom. The Morgan fingerprint density at radius 2 is 1.30 bits per heavy atom. The van der Waals surface area contributed by atoms with Crippen LogP contribution in [0.1, 0.15) is 0 Å². The Bertz CT molecular complexity index is 1250. The van der Waals surface area contributed by atoms with Crippen molar-refractivity contribution in [1.29, 1.82) is 0 Å². The first-order valence-electron chi connectivity index (χ1n) is 9.21. The summed E-state index contributed by atoms with van der Waals surface area (Å²) in [6.07, 6.45) is 0. The molecule has 1 heterocycles. The fraction of sp³-hybridized carbons (Fsp3) is 0.0500. The summed E-state index contributed by atoms with van der Waals surface area (Å²) in [5, 5.41) is 33.9. The fourth-order valence-electron chi connectivity index (χ4n) is 3.28. The first kappa shape index (κ1) is 21.7. The molecule has 3 aromatic carbocycles. The van der Waals surface area contributed by atoms with Crippen LogP contribution in [0.3, 0.4) is 0 Å². The van der Waals surface area contributed by atoms with E-state index in [0.717, 1.165) is 9.79 Å². The number of hydrogen-bond acceptors (Lipinski definition) is 9. The first-order chi connectivity index (χ1) is 15.8. The molecule has 0 saturated carbocycles. The van der Waals surface area contributed by atoms with Crippen LogP contribution in [0, 0.1) is 30.3 Å². The van der Waals surface area contributed by atoms with Gasteiger partial charge in [0.05, 0.1) is 38.3 Å². The number of nitro benzene ring substituents is 3. The van der Waals surface area contributed by atoms with Gasteiger partial charge in [0.2, 0.25) is 0 Å². The smallest absolute Gasteiger partial charge is 0.325 e. The van der Waals surface area contributed by atoms with Gasteiger partial charge in [-0.05, 0) is 24.3 Å². The lowest BCUT2D eigenvalue weighted by molar-refractivity contribution is -0.404. The summed E-state index contributed by atoms with van der Waals surface area (Å²) in [6.45, 7) is -0.785. The molecule has 0 bridgehead atoms. The molecule has 0 aromatic heterocycles. The van der Waals surface area contributed by atoms with E-state index in [-0.39, 0.29) is 0 Å². The lowest BCUT2D eigenvalue weighted by Crippen LogP contribution is -2.33. The molecule has 12 nitrogen and oxygen atoms in total. The Morgan fingerprint density at radius 1 is 0.818 bits per heavy atom. The maximum absolute atomic E-state index is 13.2. The van der Waals surface area contributed by atoms with Crippen molar-refractivity contribution in [1.82, 2.24) is 0 Å². The van der Waals surface area contributed by atoms with E-state index in [0.29, 0.717) is 23.5 Å². The van der Waals surface area contributed by atoms with Gasteiger partial charge < -0.3 is 4.74 Å². The largest absolute Gasteiger partial charge is 0.472 e. The van der Waals surface area contributed by atoms with E-state index >= 15 is 0 Å². The van der Waals surface area contributed by atoms with Crippen LogP contribution < -0.4 is 9.64 Å². The minimum absolute atomic E-state index is 0.551. The topological polar surface area (TPSA) is 159 Å². The molecule has 0 N–H and O–H groups in total. The van der Waals surface area contributed by atoms with Crippen LogP contribution in [-0.4, -0.2) is 27.3 Å². The average Bonchev–Trinajstić information content (AvgIpc) is 2.80. The molecule has 166 valence electrons. The lowest BCUT2D eigenvalue weighted by atomic mass is 10.2. The Balaban J connectivity index is 1.72. The van der Waals surface area contributed by atoms with Crippen LogP contribution in [0.5, 0.6) is 5.75 Å². The van der Waals surface area contributed by atoms with Crippen LogP contribution in [0.25, 0.3) is 0 Å². The molecule has 1 amide bonds. The van der Waals surface area contributed by atoms with Gasteiger partial charge in [0.15, 0.2) is 6.61 Å². The Kier molecular flexibility index (Phi) is 5.62. The zero-order valence-electron chi connectivity index (χ0n) is 16.4. The molecule has 0 radical (unpaired) electrons. The highest BCUT2D eigenvalue weighted by Gasteiger charge is 2.34. The number of carbonyl (C=O) groups excluding carboxylic acids is 1. The molecule has 33 heavy (non-hydrogen) atoms. The second-order valence-electron chi connectivity index (χ2n) is 6.64. The van der Waals surface area contributed by atoms with Crippen LogP contribution >= 0.6 is 11.8 Å². The van der Waals surface area contributed by atoms with Crippen molar-refractivity contribution in [3.8, 4) is 5.75 Å². The normalized spacial score (nSPS) is 11.8. The number of non-ortho nitro benzene ring substituents is 1. The number of rotatable bonds is 6. The monoisotopic (exact) mass is 468 g/mol. The predicted octanol–water partition coefficient (Wildman–Crippen LogP) is 4.62. The Labute approximate surface area is 188 Å². The molecule has 4 rings (SSSR count). The molecular formula is C20H12N4O8S. The van der Waals surface area contributed by atoms with E-state index in [9.17, 15) is 35.1 Å². The van der Waals surface area contributed by atoms with Gasteiger partial charge in [-0.3, -0.25) is 40.0 Å². The number of para-hydroxylation sites is 2. The number of benzene rings is 3. The van der Waals surface area contributed by atoms with Gasteiger partial charge in [0, 0.05) is 9.79 Å². The minimum atomic E-state index is -1.04. The van der Waals surface area contributed by atoms with Crippen LogP contribution in [0.4, 0.5) is 28.4 Å². The van der Waals surface area contributed by atoms with Gasteiger partial charge in [-0.1, -0.05) is 36.0 Å².